The Kier molecular flexibility index (Phi) is 8.74. The number of nitrogens with zero attached hydrogens (tertiary/aromatic N) is 2. The first kappa shape index (κ1) is 28.8. The molecule has 41 heavy (non-hydrogen) atoms. The molecule has 0 saturated heterocycles. The van der Waals surface area contributed by atoms with Crippen LogP contribution < -0.4 is 31.5 Å². The first-order chi connectivity index (χ1) is 19.9. The van der Waals surface area contributed by atoms with E-state index in [2.05, 4.69) is 30.6 Å². The predicted molar refractivity (Wildman–Crippen MR) is 172 cm³/mol. The van der Waals surface area contributed by atoms with E-state index in [4.69, 9.17) is 0 Å². The predicted octanol–water partition coefficient (Wildman–Crippen LogP) is 6.33. The van der Waals surface area contributed by atoms with Crippen molar-refractivity contribution in [2.75, 3.05) is 29.4 Å². The van der Waals surface area contributed by atoms with Crippen molar-refractivity contribution in [1.29, 1.82) is 0 Å². The summed E-state index contributed by atoms with van der Waals surface area (Å²) >= 11 is 1.55. The number of thioether (sulfide) groups is 1. The molecule has 1 heterocycles. The van der Waals surface area contributed by atoms with Gasteiger partial charge >= 0.3 is 0 Å². The van der Waals surface area contributed by atoms with Gasteiger partial charge in [0.15, 0.2) is 0 Å². The maximum atomic E-state index is 12.9. The molecule has 0 atom stereocenters. The van der Waals surface area contributed by atoms with Crippen LogP contribution in [0.3, 0.4) is 0 Å². The zero-order valence-corrected chi connectivity index (χ0v) is 24.8. The van der Waals surface area contributed by atoms with Crippen LogP contribution in [0.15, 0.2) is 77.6 Å². The molecule has 4 aromatic rings. The Bertz CT molecular complexity index is 1710. The lowest BCUT2D eigenvalue weighted by Gasteiger charge is -2.25. The van der Waals surface area contributed by atoms with Crippen LogP contribution in [0.4, 0.5) is 11.4 Å². The molecule has 0 fully saturated rings. The normalized spacial score (nSPS) is 13.9. The average Bonchev–Trinajstić information content (AvgIpc) is 3.36. The van der Waals surface area contributed by atoms with Gasteiger partial charge in [-0.05, 0) is 55.2 Å². The summed E-state index contributed by atoms with van der Waals surface area (Å²) in [5.74, 6) is 0. The fourth-order valence-electron chi connectivity index (χ4n) is 5.44. The molecule has 0 spiro atoms. The Morgan fingerprint density at radius 2 is 1.32 bits per heavy atom. The topological polar surface area (TPSA) is 74.8 Å². The lowest BCUT2D eigenvalue weighted by molar-refractivity contribution is 0.678. The van der Waals surface area contributed by atoms with Crippen molar-refractivity contribution in [3.8, 4) is 22.3 Å². The molecule has 5 rings (SSSR count). The Morgan fingerprint density at radius 3 is 1.98 bits per heavy atom. The van der Waals surface area contributed by atoms with Gasteiger partial charge in [0.25, 0.3) is 0 Å². The summed E-state index contributed by atoms with van der Waals surface area (Å²) in [6, 6.07) is 15.7. The van der Waals surface area contributed by atoms with E-state index in [0.717, 1.165) is 79.5 Å². The number of rotatable bonds is 13. The molecule has 0 bridgehead atoms. The summed E-state index contributed by atoms with van der Waals surface area (Å²) < 4.78 is 0. The number of unbranched alkanes of at least 4 members (excludes halogenated alkanes) is 3. The average molecular weight is 569 g/mol. The van der Waals surface area contributed by atoms with Gasteiger partial charge in [0.2, 0.25) is 21.7 Å². The van der Waals surface area contributed by atoms with Gasteiger partial charge in [-0.2, -0.15) is 0 Å². The molecule has 0 N–H and O–H groups in total. The quantitative estimate of drug-likeness (QED) is 0.175. The number of benzene rings is 2. The van der Waals surface area contributed by atoms with Crippen LogP contribution in [0.25, 0.3) is 28.3 Å². The number of anilines is 2. The fourth-order valence-corrected chi connectivity index (χ4v) is 6.57. The molecule has 0 aliphatic carbocycles. The van der Waals surface area contributed by atoms with Crippen molar-refractivity contribution in [3.05, 3.63) is 100 Å². The van der Waals surface area contributed by atoms with E-state index >= 15 is 0 Å². The van der Waals surface area contributed by atoms with Crippen molar-refractivity contribution in [1.82, 2.24) is 0 Å². The lowest BCUT2D eigenvalue weighted by atomic mass is 9.84. The number of hydrogen-bond acceptors (Lipinski definition) is 7. The largest absolute Gasteiger partial charge is 0.372 e. The highest BCUT2D eigenvalue weighted by Gasteiger charge is 2.33. The third-order valence-corrected chi connectivity index (χ3v) is 8.94. The summed E-state index contributed by atoms with van der Waals surface area (Å²) in [7, 11) is 0. The second-order valence-electron chi connectivity index (χ2n) is 10.7. The maximum Gasteiger partial charge on any atom is 0.235 e. The van der Waals surface area contributed by atoms with Crippen molar-refractivity contribution >= 4 is 29.2 Å². The van der Waals surface area contributed by atoms with Gasteiger partial charge in [-0.3, -0.25) is 19.2 Å². The van der Waals surface area contributed by atoms with Crippen LogP contribution in [0.2, 0.25) is 0 Å². The highest BCUT2D eigenvalue weighted by molar-refractivity contribution is 8.03. The van der Waals surface area contributed by atoms with Gasteiger partial charge in [-0.1, -0.05) is 76.1 Å². The minimum Gasteiger partial charge on any atom is -0.372 e. The lowest BCUT2D eigenvalue weighted by Crippen LogP contribution is -2.43. The zero-order valence-electron chi connectivity index (χ0n) is 24.0. The molecule has 0 radical (unpaired) electrons. The smallest absolute Gasteiger partial charge is 0.235 e. The van der Waals surface area contributed by atoms with Crippen LogP contribution in [-0.4, -0.2) is 19.6 Å². The molecule has 4 aromatic carbocycles. The second-order valence-corrected chi connectivity index (χ2v) is 11.7. The summed E-state index contributed by atoms with van der Waals surface area (Å²) in [5.41, 5.74) is 0.699. The standard InChI is InChI=1S/C34H36N2O4S/c1-4-7-18-35(19-8-5-2)23-16-14-22(15-17-23)28-30(34(40)32(28)38)29-24(31(37)33(29)39)21-27-36(20-9-6-3)25-12-10-11-13-26(25)41-27/h10-17,21H,4-9,18-20H2,1-3H3/b27-21+. The molecule has 1 aliphatic rings. The molecule has 0 amide bonds. The third kappa shape index (κ3) is 5.35. The van der Waals surface area contributed by atoms with Crippen LogP contribution in [0, 0.1) is 0 Å². The van der Waals surface area contributed by atoms with Gasteiger partial charge in [0.05, 0.1) is 16.3 Å². The van der Waals surface area contributed by atoms with Gasteiger partial charge in [-0.15, -0.1) is 0 Å². The van der Waals surface area contributed by atoms with Crippen molar-refractivity contribution in [3.63, 3.8) is 0 Å². The Labute approximate surface area is 244 Å². The van der Waals surface area contributed by atoms with E-state index in [-0.39, 0.29) is 22.3 Å². The molecule has 212 valence electrons. The molecular weight excluding hydrogens is 532 g/mol. The van der Waals surface area contributed by atoms with Crippen LogP contribution in [-0.2, 0) is 0 Å². The van der Waals surface area contributed by atoms with Crippen molar-refractivity contribution < 1.29 is 0 Å². The zero-order chi connectivity index (χ0) is 29.1. The molecule has 0 aromatic heterocycles. The van der Waals surface area contributed by atoms with Crippen LogP contribution in [0.1, 0.15) is 64.9 Å². The SMILES string of the molecule is CCCCN(CCCC)c1ccc(-c2c(-c3c(/C=C4/Sc5ccccc5N4CCCC)c(=O)c3=O)c(=O)c2=O)cc1. The minimum absolute atomic E-state index is 0.0747. The number of fused-ring (bicyclic) bond motifs is 1. The Hall–Kier alpha value is -3.71. The van der Waals surface area contributed by atoms with E-state index in [1.807, 2.05) is 48.5 Å². The Morgan fingerprint density at radius 1 is 0.707 bits per heavy atom. The number of para-hydroxylation sites is 1. The van der Waals surface area contributed by atoms with Crippen LogP contribution >= 0.6 is 11.8 Å². The first-order valence-corrected chi connectivity index (χ1v) is 15.5. The van der Waals surface area contributed by atoms with Gasteiger partial charge in [0, 0.05) is 46.9 Å². The van der Waals surface area contributed by atoms with Crippen molar-refractivity contribution in [2.24, 2.45) is 0 Å². The van der Waals surface area contributed by atoms with E-state index in [1.165, 1.54) is 0 Å². The summed E-state index contributed by atoms with van der Waals surface area (Å²) in [6.07, 6.45) is 8.11. The summed E-state index contributed by atoms with van der Waals surface area (Å²) in [4.78, 5) is 56.9. The van der Waals surface area contributed by atoms with Crippen LogP contribution in [0.5, 0.6) is 0 Å². The molecular formula is C34H36N2O4S. The van der Waals surface area contributed by atoms with E-state index in [9.17, 15) is 19.2 Å². The molecule has 6 nitrogen and oxygen atoms in total. The highest BCUT2D eigenvalue weighted by atomic mass is 32.2. The molecule has 0 unspecified atom stereocenters. The minimum atomic E-state index is -0.701. The molecule has 7 heteroatoms. The van der Waals surface area contributed by atoms with Crippen molar-refractivity contribution in [2.45, 2.75) is 64.2 Å². The fraction of sp³-hybridized carbons (Fsp3) is 0.353. The van der Waals surface area contributed by atoms with Gasteiger partial charge < -0.3 is 9.80 Å². The van der Waals surface area contributed by atoms with E-state index in [0.29, 0.717) is 5.56 Å². The Balaban J connectivity index is 1.50. The second kappa shape index (κ2) is 12.4. The monoisotopic (exact) mass is 568 g/mol. The van der Waals surface area contributed by atoms with E-state index < -0.39 is 21.7 Å². The first-order valence-electron chi connectivity index (χ1n) is 14.7. The molecule has 0 saturated carbocycles. The summed E-state index contributed by atoms with van der Waals surface area (Å²) in [6.45, 7) is 9.17. The molecule has 1 aliphatic heterocycles. The maximum absolute atomic E-state index is 12.9. The van der Waals surface area contributed by atoms with Gasteiger partial charge in [-0.25, -0.2) is 0 Å². The van der Waals surface area contributed by atoms with Gasteiger partial charge in [0.1, 0.15) is 0 Å². The van der Waals surface area contributed by atoms with E-state index in [1.54, 1.807) is 17.8 Å². The highest BCUT2D eigenvalue weighted by Crippen LogP contribution is 2.47. The third-order valence-electron chi connectivity index (χ3n) is 7.83. The number of hydrogen-bond donors (Lipinski definition) is 0. The summed E-state index contributed by atoms with van der Waals surface area (Å²) in [5, 5.41) is 0.844.